The van der Waals surface area contributed by atoms with Gasteiger partial charge in [0, 0.05) is 22.7 Å². The van der Waals surface area contributed by atoms with E-state index in [1.165, 1.54) is 33.3 Å². The quantitative estimate of drug-likeness (QED) is 0.397. The molecule has 1 heterocycles. The molecule has 162 valence electrons. The van der Waals surface area contributed by atoms with E-state index in [0.717, 1.165) is 10.9 Å². The van der Waals surface area contributed by atoms with Gasteiger partial charge in [0.1, 0.15) is 0 Å². The zero-order valence-corrected chi connectivity index (χ0v) is 17.3. The van der Waals surface area contributed by atoms with Crippen molar-refractivity contribution in [3.63, 3.8) is 0 Å². The van der Waals surface area contributed by atoms with Crippen molar-refractivity contribution >= 4 is 28.6 Å². The van der Waals surface area contributed by atoms with Crippen molar-refractivity contribution in [2.75, 3.05) is 20.8 Å². The van der Waals surface area contributed by atoms with Crippen LogP contribution in [0.5, 0.6) is 17.2 Å². The molecule has 9 heteroatoms. The third-order valence-electron chi connectivity index (χ3n) is 4.56. The molecule has 3 N–H and O–H groups in total. The van der Waals surface area contributed by atoms with Crippen LogP contribution in [0.2, 0.25) is 0 Å². The number of carbonyl (C=O) groups excluding carboxylic acids is 3. The Morgan fingerprint density at radius 1 is 1.06 bits per heavy atom. The Hall–Kier alpha value is -4.01. The van der Waals surface area contributed by atoms with Gasteiger partial charge in [0.05, 0.1) is 19.8 Å². The molecule has 0 saturated heterocycles. The number of primary amides is 1. The number of Topliss-reactive ketones (excluding diaryl/α,β-unsaturated/α-hetero) is 1. The van der Waals surface area contributed by atoms with Crippen LogP contribution in [0.4, 0.5) is 0 Å². The molecular formula is C22H22N2O7. The third-order valence-corrected chi connectivity index (χ3v) is 4.56. The lowest BCUT2D eigenvalue weighted by Crippen LogP contribution is -2.24. The van der Waals surface area contributed by atoms with Crippen LogP contribution in [0.25, 0.3) is 10.9 Å². The summed E-state index contributed by atoms with van der Waals surface area (Å²) in [5.41, 5.74) is 6.43. The number of methoxy groups -OCH3 is 2. The highest BCUT2D eigenvalue weighted by molar-refractivity contribution is 6.10. The van der Waals surface area contributed by atoms with E-state index < -0.39 is 24.6 Å². The van der Waals surface area contributed by atoms with E-state index >= 15 is 0 Å². The molecule has 0 saturated carbocycles. The Labute approximate surface area is 178 Å². The molecular weight excluding hydrogens is 404 g/mol. The largest absolute Gasteiger partial charge is 0.493 e. The van der Waals surface area contributed by atoms with Crippen LogP contribution >= 0.6 is 0 Å². The summed E-state index contributed by atoms with van der Waals surface area (Å²) >= 11 is 0. The van der Waals surface area contributed by atoms with Gasteiger partial charge in [-0.15, -0.1) is 0 Å². The second-order valence-corrected chi connectivity index (χ2v) is 6.62. The fourth-order valence-corrected chi connectivity index (χ4v) is 3.06. The van der Waals surface area contributed by atoms with Crippen LogP contribution in [0.15, 0.2) is 42.6 Å². The van der Waals surface area contributed by atoms with Crippen LogP contribution in [0.3, 0.4) is 0 Å². The number of hydrogen-bond donors (Lipinski definition) is 2. The van der Waals surface area contributed by atoms with Crippen molar-refractivity contribution in [3.05, 3.63) is 53.7 Å². The van der Waals surface area contributed by atoms with Gasteiger partial charge in [0.25, 0.3) is 5.91 Å². The van der Waals surface area contributed by atoms with Crippen molar-refractivity contribution < 1.29 is 33.3 Å². The second-order valence-electron chi connectivity index (χ2n) is 6.62. The zero-order valence-electron chi connectivity index (χ0n) is 17.3. The number of carbonyl (C=O) groups is 3. The Morgan fingerprint density at radius 3 is 2.32 bits per heavy atom. The Kier molecular flexibility index (Phi) is 6.44. The van der Waals surface area contributed by atoms with Crippen LogP contribution in [-0.2, 0) is 9.53 Å². The summed E-state index contributed by atoms with van der Waals surface area (Å²) in [7, 11) is 2.73. The standard InChI is InChI=1S/C22H22N2O7/c1-12(20(26)15-10-24-16-7-5-4-6-14(15)16)31-22(27)13-8-17(28-2)21(18(9-13)29-3)30-11-19(23)25/h4-10,12,24H,11H2,1-3H3,(H2,23,25). The highest BCUT2D eigenvalue weighted by Gasteiger charge is 2.25. The summed E-state index contributed by atoms with van der Waals surface area (Å²) in [4.78, 5) is 39.6. The summed E-state index contributed by atoms with van der Waals surface area (Å²) in [6, 6.07) is 10.1. The first-order chi connectivity index (χ1) is 14.8. The lowest BCUT2D eigenvalue weighted by atomic mass is 10.1. The van der Waals surface area contributed by atoms with Gasteiger partial charge in [-0.1, -0.05) is 18.2 Å². The van der Waals surface area contributed by atoms with Gasteiger partial charge < -0.3 is 29.7 Å². The van der Waals surface area contributed by atoms with E-state index in [-0.39, 0.29) is 28.6 Å². The van der Waals surface area contributed by atoms with Crippen LogP contribution in [-0.4, -0.2) is 49.6 Å². The first-order valence-corrected chi connectivity index (χ1v) is 9.34. The molecule has 1 amide bonds. The smallest absolute Gasteiger partial charge is 0.339 e. The maximum Gasteiger partial charge on any atom is 0.339 e. The van der Waals surface area contributed by atoms with Gasteiger partial charge in [-0.2, -0.15) is 0 Å². The van der Waals surface area contributed by atoms with E-state index in [0.29, 0.717) is 5.56 Å². The maximum absolute atomic E-state index is 12.8. The minimum absolute atomic E-state index is 0.0821. The number of ketones is 1. The van der Waals surface area contributed by atoms with Gasteiger partial charge in [-0.3, -0.25) is 9.59 Å². The number of H-pyrrole nitrogens is 1. The van der Waals surface area contributed by atoms with Crippen molar-refractivity contribution in [1.82, 2.24) is 4.98 Å². The summed E-state index contributed by atoms with van der Waals surface area (Å²) < 4.78 is 21.2. The van der Waals surface area contributed by atoms with Gasteiger partial charge in [-0.05, 0) is 25.1 Å². The predicted molar refractivity (Wildman–Crippen MR) is 112 cm³/mol. The molecule has 0 bridgehead atoms. The topological polar surface area (TPSA) is 130 Å². The highest BCUT2D eigenvalue weighted by Crippen LogP contribution is 2.38. The fourth-order valence-electron chi connectivity index (χ4n) is 3.06. The van der Waals surface area contributed by atoms with Gasteiger partial charge >= 0.3 is 5.97 Å². The highest BCUT2D eigenvalue weighted by atomic mass is 16.6. The summed E-state index contributed by atoms with van der Waals surface area (Å²) in [5, 5.41) is 0.745. The number of aromatic nitrogens is 1. The number of aromatic amines is 1. The van der Waals surface area contributed by atoms with Crippen molar-refractivity contribution in [3.8, 4) is 17.2 Å². The van der Waals surface area contributed by atoms with Crippen LogP contribution in [0, 0.1) is 0 Å². The summed E-state index contributed by atoms with van der Waals surface area (Å²) in [5.74, 6) is -1.38. The predicted octanol–water partition coefficient (Wildman–Crippen LogP) is 2.48. The first-order valence-electron chi connectivity index (χ1n) is 9.34. The normalized spacial score (nSPS) is 11.6. The second kappa shape index (κ2) is 9.21. The Balaban J connectivity index is 1.82. The van der Waals surface area contributed by atoms with E-state index in [2.05, 4.69) is 4.98 Å². The molecule has 3 rings (SSSR count). The molecule has 1 unspecified atom stereocenters. The van der Waals surface area contributed by atoms with Gasteiger partial charge in [-0.25, -0.2) is 4.79 Å². The Morgan fingerprint density at radius 2 is 1.71 bits per heavy atom. The fraction of sp³-hybridized carbons (Fsp3) is 0.227. The van der Waals surface area contributed by atoms with E-state index in [1.54, 1.807) is 6.20 Å². The average molecular weight is 426 g/mol. The molecule has 0 fully saturated rings. The minimum Gasteiger partial charge on any atom is -0.493 e. The number of nitrogens with two attached hydrogens (primary N) is 1. The van der Waals surface area contributed by atoms with E-state index in [9.17, 15) is 14.4 Å². The lowest BCUT2D eigenvalue weighted by Gasteiger charge is -2.16. The Bertz CT molecular complexity index is 1110. The van der Waals surface area contributed by atoms with Crippen molar-refractivity contribution in [2.45, 2.75) is 13.0 Å². The third kappa shape index (κ3) is 4.61. The number of esters is 1. The van der Waals surface area contributed by atoms with E-state index in [4.69, 9.17) is 24.7 Å². The number of amides is 1. The number of rotatable bonds is 9. The van der Waals surface area contributed by atoms with Gasteiger partial charge in [0.15, 0.2) is 24.2 Å². The molecule has 0 aliphatic heterocycles. The van der Waals surface area contributed by atoms with Crippen molar-refractivity contribution in [1.29, 1.82) is 0 Å². The lowest BCUT2D eigenvalue weighted by molar-refractivity contribution is -0.120. The monoisotopic (exact) mass is 426 g/mol. The van der Waals surface area contributed by atoms with E-state index in [1.807, 2.05) is 24.3 Å². The molecule has 0 aliphatic rings. The number of nitrogens with one attached hydrogen (secondary N) is 1. The number of hydrogen-bond acceptors (Lipinski definition) is 7. The molecule has 0 spiro atoms. The van der Waals surface area contributed by atoms with Crippen molar-refractivity contribution in [2.24, 2.45) is 5.73 Å². The van der Waals surface area contributed by atoms with Crippen LogP contribution in [0.1, 0.15) is 27.6 Å². The van der Waals surface area contributed by atoms with Gasteiger partial charge in [0.2, 0.25) is 11.5 Å². The maximum atomic E-state index is 12.8. The number of para-hydroxylation sites is 1. The molecule has 1 atom stereocenters. The summed E-state index contributed by atoms with van der Waals surface area (Å²) in [6.45, 7) is 1.10. The SMILES string of the molecule is COc1cc(C(=O)OC(C)C(=O)c2c[nH]c3ccccc23)cc(OC)c1OCC(N)=O. The zero-order chi connectivity index (χ0) is 22.5. The number of ether oxygens (including phenoxy) is 4. The molecule has 0 aliphatic carbocycles. The summed E-state index contributed by atoms with van der Waals surface area (Å²) in [6.07, 6.45) is 0.559. The first kappa shape index (κ1) is 21.7. The van der Waals surface area contributed by atoms with Crippen LogP contribution < -0.4 is 19.9 Å². The number of benzene rings is 2. The molecule has 9 nitrogen and oxygen atoms in total. The molecule has 0 radical (unpaired) electrons. The molecule has 3 aromatic rings. The molecule has 1 aromatic heterocycles. The molecule has 2 aromatic carbocycles. The minimum atomic E-state index is -1.03. The average Bonchev–Trinajstić information content (AvgIpc) is 3.20. The number of fused-ring (bicyclic) bond motifs is 1. The molecule has 31 heavy (non-hydrogen) atoms.